The Labute approximate surface area is 764 Å². The molecule has 0 nitrogen and oxygen atoms in total. The molecule has 0 N–H and O–H groups in total. The molecule has 7 aliphatic rings. The van der Waals surface area contributed by atoms with Crippen LogP contribution in [0.15, 0.2) is 340 Å². The van der Waals surface area contributed by atoms with E-state index in [-0.39, 0.29) is 33.5 Å². The van der Waals surface area contributed by atoms with Crippen LogP contribution in [0.4, 0.5) is 0 Å². The molecule has 0 amide bonds. The molecule has 130 heavy (non-hydrogen) atoms. The fourth-order valence-corrected chi connectivity index (χ4v) is 24.2. The van der Waals surface area contributed by atoms with Gasteiger partial charge in [0.05, 0.1) is 0 Å². The van der Waals surface area contributed by atoms with E-state index < -0.39 is 10.8 Å². The zero-order valence-electron chi connectivity index (χ0n) is 76.5. The van der Waals surface area contributed by atoms with Gasteiger partial charge in [-0.1, -0.05) is 433 Å². The Balaban J connectivity index is 0.811. The summed E-state index contributed by atoms with van der Waals surface area (Å²) in [7, 11) is 0. The van der Waals surface area contributed by atoms with E-state index in [1.54, 1.807) is 0 Å². The molecule has 20 aromatic rings. The third-order valence-corrected chi connectivity index (χ3v) is 30.5. The van der Waals surface area contributed by atoms with Crippen molar-refractivity contribution >= 4 is 64.6 Å². The van der Waals surface area contributed by atoms with E-state index in [1.165, 1.54) is 232 Å². The van der Waals surface area contributed by atoms with Crippen molar-refractivity contribution in [2.45, 2.75) is 141 Å². The standard InChI is InChI=1S/C130H100/c1-75-45-53-80(54-46-75)109-110(81-55-47-76(2)48-56-81)112(83-59-51-78(52-60-83)66-68-130-105-42-24-18-34-93(105)116(94-35-19-25-43-106(94)130)95-36-20-26-44-107(95)130)122-99-62-64-101-118-100(63-61-98(117(99)118)121(122)111(109)82-57-49-77(50-58-82)65-67-129-102-39-21-15-31-90(102)115(91-32-16-22-40-103(91)129)92-33-17-23-41-104(92)129)123-113(84-69-86(125(3,4)5)73-87(70-84)126(6,7)8)119-96-37-27-29-79-30-28-38-97(108(79)96)120(119)114(124(101)123)85-71-88(127(9,10)11)74-89(72-85)128(12,13)14/h15-64,69-74,115-116H,1-14H3. The van der Waals surface area contributed by atoms with Crippen LogP contribution in [-0.2, 0) is 32.5 Å². The molecule has 27 rings (SSSR count). The molecule has 620 valence electrons. The lowest BCUT2D eigenvalue weighted by atomic mass is 9.53. The van der Waals surface area contributed by atoms with Crippen molar-refractivity contribution in [3.8, 4) is 113 Å². The van der Waals surface area contributed by atoms with Gasteiger partial charge < -0.3 is 0 Å². The highest BCUT2D eigenvalue weighted by Gasteiger charge is 2.53. The molecule has 0 radical (unpaired) electrons. The van der Waals surface area contributed by atoms with E-state index in [1.807, 2.05) is 0 Å². The lowest BCUT2D eigenvalue weighted by Crippen LogP contribution is -2.41. The van der Waals surface area contributed by atoms with Gasteiger partial charge >= 0.3 is 0 Å². The largest absolute Gasteiger partial charge is 0.107 e. The number of fused-ring (bicyclic) bond motifs is 9. The van der Waals surface area contributed by atoms with E-state index in [9.17, 15) is 0 Å². The predicted molar refractivity (Wildman–Crippen MR) is 549 cm³/mol. The maximum absolute atomic E-state index is 4.14. The monoisotopic (exact) mass is 1660 g/mol. The summed E-state index contributed by atoms with van der Waals surface area (Å²) in [5, 5.41) is 15.5. The third kappa shape index (κ3) is 11.0. The van der Waals surface area contributed by atoms with Gasteiger partial charge in [-0.05, 0) is 302 Å². The lowest BCUT2D eigenvalue weighted by Gasteiger charge is -2.48. The summed E-state index contributed by atoms with van der Waals surface area (Å²) in [5.74, 6) is 16.5. The molecule has 20 aromatic carbocycles. The van der Waals surface area contributed by atoms with Crippen LogP contribution in [0.1, 0.15) is 206 Å². The van der Waals surface area contributed by atoms with Gasteiger partial charge in [0.15, 0.2) is 0 Å². The molecular weight excluding hydrogens is 1560 g/mol. The van der Waals surface area contributed by atoms with Gasteiger partial charge in [-0.25, -0.2) is 0 Å². The number of benzene rings is 18. The Morgan fingerprint density at radius 1 is 0.215 bits per heavy atom. The fraction of sp³-hybridized carbons (Fsp3) is 0.169. The molecule has 0 fully saturated rings. The molecule has 0 saturated heterocycles. The van der Waals surface area contributed by atoms with Crippen LogP contribution in [0.2, 0.25) is 0 Å². The molecular formula is C130H100. The van der Waals surface area contributed by atoms with Crippen molar-refractivity contribution in [1.82, 2.24) is 0 Å². The predicted octanol–water partition coefficient (Wildman–Crippen LogP) is 33.3. The van der Waals surface area contributed by atoms with Gasteiger partial charge in [-0.2, -0.15) is 0 Å². The summed E-state index contributed by atoms with van der Waals surface area (Å²) < 4.78 is 0. The minimum Gasteiger partial charge on any atom is -0.0765 e. The highest BCUT2D eigenvalue weighted by Crippen LogP contribution is 2.67. The molecule has 0 aliphatic heterocycles. The normalized spacial score (nSPS) is 16.6. The Kier molecular flexibility index (Phi) is 16.5. The van der Waals surface area contributed by atoms with E-state index in [2.05, 4.69) is 460 Å². The minimum absolute atomic E-state index is 0.147. The summed E-state index contributed by atoms with van der Waals surface area (Å²) in [6.45, 7) is 33.2. The second-order valence-corrected chi connectivity index (χ2v) is 42.2. The van der Waals surface area contributed by atoms with Gasteiger partial charge in [0.25, 0.3) is 0 Å². The smallest absolute Gasteiger partial charge is 0.0765 e. The Bertz CT molecular complexity index is 7650. The van der Waals surface area contributed by atoms with Crippen LogP contribution in [0.25, 0.3) is 154 Å². The van der Waals surface area contributed by atoms with Crippen molar-refractivity contribution in [3.63, 3.8) is 0 Å². The minimum atomic E-state index is -0.678. The lowest BCUT2D eigenvalue weighted by molar-refractivity contribution is 0.568. The Morgan fingerprint density at radius 2 is 0.485 bits per heavy atom. The van der Waals surface area contributed by atoms with Crippen molar-refractivity contribution in [1.29, 1.82) is 0 Å². The van der Waals surface area contributed by atoms with Gasteiger partial charge in [0.1, 0.15) is 10.8 Å². The summed E-state index contributed by atoms with van der Waals surface area (Å²) in [5.41, 5.74) is 42.8. The third-order valence-electron chi connectivity index (χ3n) is 30.5. The molecule has 4 bridgehead atoms. The van der Waals surface area contributed by atoms with E-state index in [4.69, 9.17) is 0 Å². The highest BCUT2D eigenvalue weighted by atomic mass is 14.5. The maximum Gasteiger partial charge on any atom is 0.107 e. The second-order valence-electron chi connectivity index (χ2n) is 42.2. The number of hydrogen-bond donors (Lipinski definition) is 0. The first-order chi connectivity index (χ1) is 62.8. The maximum atomic E-state index is 4.14. The quantitative estimate of drug-likeness (QED) is 0.146. The first kappa shape index (κ1) is 77.9. The van der Waals surface area contributed by atoms with Gasteiger partial charge in [0.2, 0.25) is 0 Å². The topological polar surface area (TPSA) is 0 Å². The molecule has 0 spiro atoms. The fourth-order valence-electron chi connectivity index (χ4n) is 24.2. The molecule has 0 heteroatoms. The summed E-state index contributed by atoms with van der Waals surface area (Å²) in [6, 6.07) is 132. The zero-order valence-corrected chi connectivity index (χ0v) is 76.5. The molecule has 7 aliphatic carbocycles. The number of rotatable bonds is 6. The van der Waals surface area contributed by atoms with Crippen molar-refractivity contribution in [2.24, 2.45) is 0 Å². The molecule has 0 unspecified atom stereocenters. The first-order valence-corrected chi connectivity index (χ1v) is 46.8. The average Bonchev–Trinajstić information content (AvgIpc) is 1.34. The van der Waals surface area contributed by atoms with Crippen LogP contribution in [0.3, 0.4) is 0 Å². The van der Waals surface area contributed by atoms with Crippen LogP contribution in [0, 0.1) is 37.5 Å². The van der Waals surface area contributed by atoms with Crippen LogP contribution in [-0.4, -0.2) is 0 Å². The second kappa shape index (κ2) is 27.6. The van der Waals surface area contributed by atoms with E-state index >= 15 is 0 Å². The average molecular weight is 1660 g/mol. The van der Waals surface area contributed by atoms with Crippen molar-refractivity contribution in [3.05, 3.63) is 451 Å². The van der Waals surface area contributed by atoms with Crippen molar-refractivity contribution < 1.29 is 0 Å². The molecule has 0 aromatic heterocycles. The SMILES string of the molecule is Cc1ccc(-c2c(-c3ccc(C)cc3)c(-c3ccc(C#CC45c6ccccc6C(c6ccccc64)c4ccccc45)cc3)c3c(c2-c2ccc(C#CC45c6ccccc6C(c6ccccc64)c4ccccc45)cc2)-c2ccc4c5c(-c6cc(C(C)(C)C)cc(C(C)(C)C)c6)c6c7cccc8cccc(c6c(-c6cc(C(C)(C)C)cc(C(C)(C)C)c6)c5c5ccc-3c2c45)c87)cc1. The summed E-state index contributed by atoms with van der Waals surface area (Å²) >= 11 is 0. The first-order valence-electron chi connectivity index (χ1n) is 46.8. The summed E-state index contributed by atoms with van der Waals surface area (Å²) in [4.78, 5) is 0. The van der Waals surface area contributed by atoms with Crippen LogP contribution >= 0.6 is 0 Å². The molecule has 0 atom stereocenters. The van der Waals surface area contributed by atoms with E-state index in [0.717, 1.165) is 33.4 Å². The van der Waals surface area contributed by atoms with Crippen LogP contribution in [0.5, 0.6) is 0 Å². The van der Waals surface area contributed by atoms with Gasteiger partial charge in [0, 0.05) is 23.0 Å². The van der Waals surface area contributed by atoms with E-state index in [0.29, 0.717) is 0 Å². The summed E-state index contributed by atoms with van der Waals surface area (Å²) in [6.07, 6.45) is 0. The van der Waals surface area contributed by atoms with Gasteiger partial charge in [-0.3, -0.25) is 0 Å². The molecule has 0 saturated carbocycles. The van der Waals surface area contributed by atoms with Gasteiger partial charge in [-0.15, -0.1) is 0 Å². The van der Waals surface area contributed by atoms with Crippen LogP contribution < -0.4 is 0 Å². The highest BCUT2D eigenvalue weighted by molar-refractivity contribution is 6.48. The Hall–Kier alpha value is -14.4. The number of aryl methyl sites for hydroxylation is 2. The number of hydrogen-bond acceptors (Lipinski definition) is 0. The van der Waals surface area contributed by atoms with Crippen molar-refractivity contribution in [2.75, 3.05) is 0 Å². The zero-order chi connectivity index (χ0) is 88.3. The Morgan fingerprint density at radius 3 is 0.777 bits per heavy atom. The molecule has 0 heterocycles.